The molecule has 2 saturated heterocycles. The number of hydrogen-bond acceptors (Lipinski definition) is 12. The molecule has 2 amide bonds. The van der Waals surface area contributed by atoms with Gasteiger partial charge in [0.25, 0.3) is 5.91 Å². The number of nitrogens with one attached hydrogen (secondary N) is 1. The first-order chi connectivity index (χ1) is 24.8. The molecule has 0 radical (unpaired) electrons. The lowest BCUT2D eigenvalue weighted by Crippen LogP contribution is -2.48. The molecule has 5 aromatic rings. The van der Waals surface area contributed by atoms with E-state index in [2.05, 4.69) is 31.4 Å². The zero-order valence-corrected chi connectivity index (χ0v) is 29.3. The van der Waals surface area contributed by atoms with Crippen LogP contribution in [0.3, 0.4) is 0 Å². The fraction of sp³-hybridized carbons (Fsp3) is 0.429. The molecule has 1 unspecified atom stereocenters. The van der Waals surface area contributed by atoms with Crippen molar-refractivity contribution in [3.8, 4) is 28.0 Å². The molecule has 0 aromatic carbocycles. The van der Waals surface area contributed by atoms with E-state index in [1.54, 1.807) is 39.3 Å². The van der Waals surface area contributed by atoms with Gasteiger partial charge >= 0.3 is 0 Å². The van der Waals surface area contributed by atoms with Crippen LogP contribution in [0.1, 0.15) is 44.5 Å². The number of hydrogen-bond donors (Lipinski definition) is 2. The number of carbonyl (C=O) groups excluding carboxylic acids is 2. The number of thiazole rings is 1. The fourth-order valence-corrected chi connectivity index (χ4v) is 8.15. The van der Waals surface area contributed by atoms with Crippen LogP contribution in [0, 0.1) is 5.41 Å². The minimum Gasteiger partial charge on any atom is -0.475 e. The van der Waals surface area contributed by atoms with Crippen molar-refractivity contribution in [3.05, 3.63) is 60.1 Å². The maximum atomic E-state index is 14.4. The Labute approximate surface area is 298 Å². The Balaban J connectivity index is 1.04. The van der Waals surface area contributed by atoms with E-state index in [1.165, 1.54) is 11.3 Å². The summed E-state index contributed by atoms with van der Waals surface area (Å²) in [4.78, 5) is 51.1. The summed E-state index contributed by atoms with van der Waals surface area (Å²) in [6.07, 6.45) is 9.18. The highest BCUT2D eigenvalue weighted by atomic mass is 32.1. The Kier molecular flexibility index (Phi) is 8.81. The van der Waals surface area contributed by atoms with Gasteiger partial charge in [0.2, 0.25) is 11.8 Å². The first kappa shape index (κ1) is 33.1. The molecule has 8 rings (SSSR count). The lowest BCUT2D eigenvalue weighted by atomic mass is 9.83. The number of nitrogens with zero attached hydrogens (tertiary/aromatic N) is 10. The quantitative estimate of drug-likeness (QED) is 0.219. The van der Waals surface area contributed by atoms with Gasteiger partial charge in [-0.25, -0.2) is 24.6 Å². The molecular weight excluding hydrogens is 671 g/mol. The molecule has 16 heteroatoms. The van der Waals surface area contributed by atoms with E-state index in [0.29, 0.717) is 79.6 Å². The Morgan fingerprint density at radius 3 is 2.86 bits per heavy atom. The lowest BCUT2D eigenvalue weighted by molar-refractivity contribution is -0.131. The molecule has 2 N–H and O–H groups in total. The van der Waals surface area contributed by atoms with Crippen LogP contribution in [0.4, 0.5) is 0 Å². The van der Waals surface area contributed by atoms with E-state index >= 15 is 0 Å². The van der Waals surface area contributed by atoms with Gasteiger partial charge in [0.1, 0.15) is 28.1 Å². The third-order valence-electron chi connectivity index (χ3n) is 9.66. The van der Waals surface area contributed by atoms with Crippen LogP contribution in [-0.4, -0.2) is 106 Å². The summed E-state index contributed by atoms with van der Waals surface area (Å²) in [5.41, 5.74) is 2.89. The van der Waals surface area contributed by atoms with Gasteiger partial charge in [0, 0.05) is 44.5 Å². The molecule has 3 aliphatic rings. The summed E-state index contributed by atoms with van der Waals surface area (Å²) < 4.78 is 7.46. The molecule has 264 valence electrons. The van der Waals surface area contributed by atoms with E-state index < -0.39 is 11.5 Å². The largest absolute Gasteiger partial charge is 0.475 e. The third kappa shape index (κ3) is 6.27. The molecule has 0 bridgehead atoms. The summed E-state index contributed by atoms with van der Waals surface area (Å²) >= 11 is 1.51. The van der Waals surface area contributed by atoms with Crippen molar-refractivity contribution in [1.82, 2.24) is 49.8 Å². The predicted molar refractivity (Wildman–Crippen MR) is 190 cm³/mol. The van der Waals surface area contributed by atoms with Crippen molar-refractivity contribution in [2.75, 3.05) is 37.8 Å². The highest BCUT2D eigenvalue weighted by Crippen LogP contribution is 2.42. The molecular formula is C35H39N11O4S. The molecule has 15 nitrogen and oxygen atoms in total. The molecule has 2 fully saturated rings. The number of fused-ring (bicyclic) bond motifs is 1. The maximum Gasteiger partial charge on any atom is 0.250 e. The van der Waals surface area contributed by atoms with Crippen molar-refractivity contribution in [3.63, 3.8) is 0 Å². The smallest absolute Gasteiger partial charge is 0.250 e. The fourth-order valence-electron chi connectivity index (χ4n) is 7.22. The zero-order valence-electron chi connectivity index (χ0n) is 28.5. The van der Waals surface area contributed by atoms with Crippen molar-refractivity contribution >= 4 is 39.8 Å². The van der Waals surface area contributed by atoms with Crippen LogP contribution in [0.5, 0.6) is 5.88 Å². The first-order valence-electron chi connectivity index (χ1n) is 17.3. The van der Waals surface area contributed by atoms with E-state index in [9.17, 15) is 14.7 Å². The van der Waals surface area contributed by atoms with E-state index in [0.717, 1.165) is 22.0 Å². The normalized spacial score (nSPS) is 20.7. The van der Waals surface area contributed by atoms with Gasteiger partial charge in [-0.15, -0.1) is 21.5 Å². The SMILES string of the molecule is CC(C)Oc1cccc(-c2nn(N3C(=O)C4(CCNC4)C[C@H]3CC(=O)N3CC=C(c4ncc(-c5ncn(CCO)n5)s4)CC3)c3cccnc23)n1. The third-order valence-corrected chi connectivity index (χ3v) is 10.7. The highest BCUT2D eigenvalue weighted by molar-refractivity contribution is 7.16. The van der Waals surface area contributed by atoms with Crippen molar-refractivity contribution in [2.45, 2.75) is 58.2 Å². The number of carbonyl (C=O) groups is 2. The van der Waals surface area contributed by atoms with Gasteiger partial charge in [-0.05, 0) is 63.4 Å². The van der Waals surface area contributed by atoms with Gasteiger partial charge < -0.3 is 20.1 Å². The maximum absolute atomic E-state index is 14.4. The summed E-state index contributed by atoms with van der Waals surface area (Å²) in [5, 5.41) is 24.5. The summed E-state index contributed by atoms with van der Waals surface area (Å²) in [7, 11) is 0. The van der Waals surface area contributed by atoms with Crippen LogP contribution in [-0.2, 0) is 16.1 Å². The molecule has 5 aromatic heterocycles. The van der Waals surface area contributed by atoms with Gasteiger partial charge in [-0.2, -0.15) is 4.79 Å². The Bertz CT molecular complexity index is 2110. The van der Waals surface area contributed by atoms with Crippen LogP contribution < -0.4 is 15.1 Å². The summed E-state index contributed by atoms with van der Waals surface area (Å²) in [5.74, 6) is 1.01. The van der Waals surface area contributed by atoms with Crippen LogP contribution in [0.2, 0.25) is 0 Å². The van der Waals surface area contributed by atoms with Crippen LogP contribution in [0.15, 0.2) is 55.1 Å². The number of aliphatic hydroxyl groups is 1. The first-order valence-corrected chi connectivity index (χ1v) is 18.1. The second-order valence-electron chi connectivity index (χ2n) is 13.5. The van der Waals surface area contributed by atoms with Crippen LogP contribution >= 0.6 is 11.3 Å². The Morgan fingerprint density at radius 1 is 1.18 bits per heavy atom. The average molecular weight is 710 g/mol. The Morgan fingerprint density at radius 2 is 2.08 bits per heavy atom. The number of aromatic nitrogens is 8. The minimum absolute atomic E-state index is 0.00783. The topological polar surface area (TPSA) is 169 Å². The minimum atomic E-state index is -0.602. The second-order valence-corrected chi connectivity index (χ2v) is 14.5. The second kappa shape index (κ2) is 13.6. The standard InChI is InChI=1S/C35H39N11O4S/c1-22(2)50-28-7-3-5-25(40-28)30-31-26(6-4-11-37-31)46(41-30)45-24(18-35(34(45)49)10-12-36-20-35)17-29(48)43-13-8-23(9-14-43)33-38-19-27(51-33)32-39-21-44(42-32)15-16-47/h3-8,11,19,21-22,24,36,47H,9-10,12-18,20H2,1-2H3/t24-,35?/m1/s1. The predicted octanol–water partition coefficient (Wildman–Crippen LogP) is 2.91. The van der Waals surface area contributed by atoms with Crippen LogP contribution in [0.25, 0.3) is 38.7 Å². The number of pyridine rings is 2. The van der Waals surface area contributed by atoms with Crippen molar-refractivity contribution < 1.29 is 19.4 Å². The molecule has 1 spiro atoms. The molecule has 0 aliphatic carbocycles. The van der Waals surface area contributed by atoms with Gasteiger partial charge in [-0.3, -0.25) is 14.6 Å². The number of rotatable bonds is 10. The number of aliphatic hydroxyl groups excluding tert-OH is 1. The van der Waals surface area contributed by atoms with Gasteiger partial charge in [0.05, 0.1) is 41.3 Å². The summed E-state index contributed by atoms with van der Waals surface area (Å²) in [6.45, 7) is 6.59. The van der Waals surface area contributed by atoms with E-state index in [4.69, 9.17) is 14.8 Å². The lowest BCUT2D eigenvalue weighted by Gasteiger charge is -2.29. The van der Waals surface area contributed by atoms with E-state index in [1.807, 2.05) is 43.0 Å². The zero-order chi connectivity index (χ0) is 35.1. The highest BCUT2D eigenvalue weighted by Gasteiger charge is 2.55. The van der Waals surface area contributed by atoms with Gasteiger partial charge in [0.15, 0.2) is 5.82 Å². The molecule has 3 aliphatic heterocycles. The molecule has 51 heavy (non-hydrogen) atoms. The molecule has 2 atom stereocenters. The van der Waals surface area contributed by atoms with E-state index in [-0.39, 0.29) is 30.9 Å². The monoisotopic (exact) mass is 709 g/mol. The number of ether oxygens (including phenoxy) is 1. The molecule has 8 heterocycles. The Hall–Kier alpha value is -5.06. The average Bonchev–Trinajstić information content (AvgIpc) is 3.97. The van der Waals surface area contributed by atoms with Crippen molar-refractivity contribution in [2.24, 2.45) is 5.41 Å². The summed E-state index contributed by atoms with van der Waals surface area (Å²) in [6, 6.07) is 8.86. The van der Waals surface area contributed by atoms with Gasteiger partial charge in [-0.1, -0.05) is 12.1 Å². The molecule has 0 saturated carbocycles. The van der Waals surface area contributed by atoms with Crippen molar-refractivity contribution in [1.29, 1.82) is 0 Å². The number of amides is 2.